The summed E-state index contributed by atoms with van der Waals surface area (Å²) in [6.07, 6.45) is 0. The number of hydrogen-bond acceptors (Lipinski definition) is 3. The Labute approximate surface area is 103 Å². The zero-order valence-electron chi connectivity index (χ0n) is 11.2. The molecule has 0 bridgehead atoms. The largest absolute Gasteiger partial charge is 0.343 e. The van der Waals surface area contributed by atoms with E-state index in [1.165, 1.54) is 19.8 Å². The smallest absolute Gasteiger partial charge is 0.287 e. The van der Waals surface area contributed by atoms with E-state index in [9.17, 15) is 5.11 Å². The van der Waals surface area contributed by atoms with Gasteiger partial charge in [-0.1, -0.05) is 43.7 Å². The predicted octanol–water partition coefficient (Wildman–Crippen LogP) is 2.67. The summed E-state index contributed by atoms with van der Waals surface area (Å²) in [5, 5.41) is 10.3. The molecule has 0 spiro atoms. The van der Waals surface area contributed by atoms with E-state index in [2.05, 4.69) is 0 Å². The van der Waals surface area contributed by atoms with Crippen LogP contribution >= 0.6 is 0 Å². The number of aliphatic hydroxyl groups is 1. The zero-order chi connectivity index (χ0) is 13.1. The SMILES string of the molecule is COC(O)(OC)C(c1ccc(C)cc1)C(C)C. The fourth-order valence-electron chi connectivity index (χ4n) is 2.13. The molecule has 1 atom stereocenters. The lowest BCUT2D eigenvalue weighted by Gasteiger charge is -2.35. The molecule has 0 aliphatic carbocycles. The van der Waals surface area contributed by atoms with Gasteiger partial charge in [0.1, 0.15) is 0 Å². The molecule has 1 unspecified atom stereocenters. The van der Waals surface area contributed by atoms with Crippen molar-refractivity contribution in [2.24, 2.45) is 5.92 Å². The van der Waals surface area contributed by atoms with E-state index in [1.807, 2.05) is 45.0 Å². The van der Waals surface area contributed by atoms with Crippen molar-refractivity contribution in [2.45, 2.75) is 32.7 Å². The Morgan fingerprint density at radius 3 is 1.88 bits per heavy atom. The number of aryl methyl sites for hydroxylation is 1. The van der Waals surface area contributed by atoms with Gasteiger partial charge < -0.3 is 14.6 Å². The molecule has 1 N–H and O–H groups in total. The first-order valence-electron chi connectivity index (χ1n) is 5.84. The second-order valence-electron chi connectivity index (χ2n) is 4.67. The molecule has 17 heavy (non-hydrogen) atoms. The quantitative estimate of drug-likeness (QED) is 0.801. The van der Waals surface area contributed by atoms with Crippen molar-refractivity contribution in [3.63, 3.8) is 0 Å². The number of hydrogen-bond donors (Lipinski definition) is 1. The number of ether oxygens (including phenoxy) is 2. The van der Waals surface area contributed by atoms with Crippen LogP contribution in [0.25, 0.3) is 0 Å². The van der Waals surface area contributed by atoms with Crippen LogP contribution in [0.4, 0.5) is 0 Å². The molecule has 0 aliphatic rings. The highest BCUT2D eigenvalue weighted by Gasteiger charge is 2.40. The summed E-state index contributed by atoms with van der Waals surface area (Å²) in [7, 11) is 2.90. The second-order valence-corrected chi connectivity index (χ2v) is 4.67. The first-order chi connectivity index (χ1) is 7.94. The van der Waals surface area contributed by atoms with Gasteiger partial charge in [0.05, 0.1) is 5.92 Å². The zero-order valence-corrected chi connectivity index (χ0v) is 11.2. The van der Waals surface area contributed by atoms with Crippen LogP contribution in [0, 0.1) is 12.8 Å². The Bertz CT molecular complexity index is 339. The minimum Gasteiger partial charge on any atom is -0.343 e. The van der Waals surface area contributed by atoms with Gasteiger partial charge >= 0.3 is 0 Å². The van der Waals surface area contributed by atoms with Gasteiger partial charge in [0, 0.05) is 14.2 Å². The van der Waals surface area contributed by atoms with Crippen molar-refractivity contribution in [3.05, 3.63) is 35.4 Å². The molecular formula is C14H22O3. The average Bonchev–Trinajstić information content (AvgIpc) is 2.31. The third-order valence-corrected chi connectivity index (χ3v) is 3.08. The molecule has 96 valence electrons. The standard InChI is InChI=1S/C14H22O3/c1-10(2)13(14(15,16-4)17-5)12-8-6-11(3)7-9-12/h6-10,13,15H,1-5H3. The van der Waals surface area contributed by atoms with Crippen molar-refractivity contribution < 1.29 is 14.6 Å². The van der Waals surface area contributed by atoms with Gasteiger partial charge in [-0.05, 0) is 18.4 Å². The molecular weight excluding hydrogens is 216 g/mol. The number of rotatable bonds is 5. The van der Waals surface area contributed by atoms with Gasteiger partial charge in [-0.2, -0.15) is 0 Å². The van der Waals surface area contributed by atoms with Gasteiger partial charge in [-0.25, -0.2) is 0 Å². The molecule has 0 aliphatic heterocycles. The summed E-state index contributed by atoms with van der Waals surface area (Å²) in [6.45, 7) is 6.11. The van der Waals surface area contributed by atoms with Crippen molar-refractivity contribution in [3.8, 4) is 0 Å². The molecule has 1 rings (SSSR count). The molecule has 0 amide bonds. The average molecular weight is 238 g/mol. The minimum atomic E-state index is -1.58. The first kappa shape index (κ1) is 14.2. The van der Waals surface area contributed by atoms with E-state index in [0.717, 1.165) is 5.56 Å². The molecule has 0 fully saturated rings. The van der Waals surface area contributed by atoms with Crippen LogP contribution in [0.2, 0.25) is 0 Å². The predicted molar refractivity (Wildman–Crippen MR) is 67.7 cm³/mol. The first-order valence-corrected chi connectivity index (χ1v) is 5.84. The Kier molecular flexibility index (Phi) is 4.69. The summed E-state index contributed by atoms with van der Waals surface area (Å²) < 4.78 is 10.3. The summed E-state index contributed by atoms with van der Waals surface area (Å²) in [6, 6.07) is 8.05. The Morgan fingerprint density at radius 2 is 1.53 bits per heavy atom. The van der Waals surface area contributed by atoms with Gasteiger partial charge in [-0.15, -0.1) is 0 Å². The lowest BCUT2D eigenvalue weighted by atomic mass is 9.85. The Hall–Kier alpha value is -0.900. The van der Waals surface area contributed by atoms with Gasteiger partial charge in [0.2, 0.25) is 0 Å². The molecule has 0 heterocycles. The van der Waals surface area contributed by atoms with E-state index in [-0.39, 0.29) is 11.8 Å². The second kappa shape index (κ2) is 5.63. The van der Waals surface area contributed by atoms with Gasteiger partial charge in [0.25, 0.3) is 5.97 Å². The number of methoxy groups -OCH3 is 2. The highest BCUT2D eigenvalue weighted by molar-refractivity contribution is 5.26. The van der Waals surface area contributed by atoms with E-state index in [0.29, 0.717) is 0 Å². The van der Waals surface area contributed by atoms with Crippen LogP contribution in [-0.2, 0) is 9.47 Å². The lowest BCUT2D eigenvalue weighted by Crippen LogP contribution is -2.42. The molecule has 1 aromatic carbocycles. The maximum absolute atomic E-state index is 10.3. The monoisotopic (exact) mass is 238 g/mol. The fraction of sp³-hybridized carbons (Fsp3) is 0.571. The topological polar surface area (TPSA) is 38.7 Å². The maximum Gasteiger partial charge on any atom is 0.287 e. The van der Waals surface area contributed by atoms with Crippen LogP contribution in [-0.4, -0.2) is 25.3 Å². The Morgan fingerprint density at radius 1 is 1.06 bits per heavy atom. The van der Waals surface area contributed by atoms with E-state index < -0.39 is 5.97 Å². The van der Waals surface area contributed by atoms with Crippen LogP contribution in [0.5, 0.6) is 0 Å². The molecule has 0 saturated heterocycles. The summed E-state index contributed by atoms with van der Waals surface area (Å²) >= 11 is 0. The van der Waals surface area contributed by atoms with Crippen molar-refractivity contribution in [1.82, 2.24) is 0 Å². The van der Waals surface area contributed by atoms with Crippen molar-refractivity contribution in [1.29, 1.82) is 0 Å². The molecule has 0 radical (unpaired) electrons. The van der Waals surface area contributed by atoms with E-state index in [4.69, 9.17) is 9.47 Å². The molecule has 0 saturated carbocycles. The molecule has 1 aromatic rings. The Balaban J connectivity index is 3.13. The summed E-state index contributed by atoms with van der Waals surface area (Å²) in [5.74, 6) is -1.61. The maximum atomic E-state index is 10.3. The van der Waals surface area contributed by atoms with Crippen molar-refractivity contribution in [2.75, 3.05) is 14.2 Å². The third kappa shape index (κ3) is 3.06. The molecule has 3 heteroatoms. The summed E-state index contributed by atoms with van der Waals surface area (Å²) in [4.78, 5) is 0. The van der Waals surface area contributed by atoms with Gasteiger partial charge in [-0.3, -0.25) is 0 Å². The lowest BCUT2D eigenvalue weighted by molar-refractivity contribution is -0.357. The van der Waals surface area contributed by atoms with Crippen LogP contribution < -0.4 is 0 Å². The van der Waals surface area contributed by atoms with Crippen molar-refractivity contribution >= 4 is 0 Å². The number of benzene rings is 1. The third-order valence-electron chi connectivity index (χ3n) is 3.08. The van der Waals surface area contributed by atoms with Crippen LogP contribution in [0.15, 0.2) is 24.3 Å². The van der Waals surface area contributed by atoms with E-state index >= 15 is 0 Å². The highest BCUT2D eigenvalue weighted by atomic mass is 16.8. The highest BCUT2D eigenvalue weighted by Crippen LogP contribution is 2.36. The molecule has 0 aromatic heterocycles. The fourth-order valence-corrected chi connectivity index (χ4v) is 2.13. The van der Waals surface area contributed by atoms with Crippen LogP contribution in [0.1, 0.15) is 30.9 Å². The summed E-state index contributed by atoms with van der Waals surface area (Å²) in [5.41, 5.74) is 2.20. The minimum absolute atomic E-state index is 0.197. The van der Waals surface area contributed by atoms with Gasteiger partial charge in [0.15, 0.2) is 0 Å². The van der Waals surface area contributed by atoms with E-state index in [1.54, 1.807) is 0 Å². The van der Waals surface area contributed by atoms with Crippen LogP contribution in [0.3, 0.4) is 0 Å². The normalized spacial score (nSPS) is 14.1. The molecule has 3 nitrogen and oxygen atoms in total.